The van der Waals surface area contributed by atoms with E-state index >= 15 is 0 Å². The van der Waals surface area contributed by atoms with Crippen molar-refractivity contribution in [1.82, 2.24) is 10.3 Å². The maximum Gasteiger partial charge on any atom is 0.170 e. The van der Waals surface area contributed by atoms with Gasteiger partial charge in [-0.15, -0.1) is 6.58 Å². The smallest absolute Gasteiger partial charge is 0.170 e. The van der Waals surface area contributed by atoms with Crippen LogP contribution in [0.3, 0.4) is 0 Å². The van der Waals surface area contributed by atoms with E-state index < -0.39 is 0 Å². The van der Waals surface area contributed by atoms with Crippen molar-refractivity contribution in [3.63, 3.8) is 0 Å². The van der Waals surface area contributed by atoms with Crippen LogP contribution in [0.1, 0.15) is 25.3 Å². The van der Waals surface area contributed by atoms with Crippen LogP contribution >= 0.6 is 0 Å². The summed E-state index contributed by atoms with van der Waals surface area (Å²) in [5.74, 6) is 0.203. The SMILES string of the molecule is C=CCCCN(C)c1nccc(CNCC)c1F. The van der Waals surface area contributed by atoms with Gasteiger partial charge in [0.25, 0.3) is 0 Å². The van der Waals surface area contributed by atoms with Crippen LogP contribution in [-0.2, 0) is 6.54 Å². The van der Waals surface area contributed by atoms with Gasteiger partial charge in [-0.25, -0.2) is 9.37 Å². The Morgan fingerprint density at radius 2 is 2.33 bits per heavy atom. The van der Waals surface area contributed by atoms with Gasteiger partial charge in [0.2, 0.25) is 0 Å². The molecular formula is C14H22FN3. The zero-order chi connectivity index (χ0) is 13.4. The molecule has 0 unspecified atom stereocenters. The third-order valence-electron chi connectivity index (χ3n) is 2.78. The predicted octanol–water partition coefficient (Wildman–Crippen LogP) is 2.73. The highest BCUT2D eigenvalue weighted by molar-refractivity contribution is 5.42. The fraction of sp³-hybridized carbons (Fsp3) is 0.500. The van der Waals surface area contributed by atoms with Crippen molar-refractivity contribution >= 4 is 5.82 Å². The van der Waals surface area contributed by atoms with Gasteiger partial charge in [-0.2, -0.15) is 0 Å². The molecule has 0 aliphatic carbocycles. The number of unbranched alkanes of at least 4 members (excludes halogenated alkanes) is 1. The van der Waals surface area contributed by atoms with Crippen LogP contribution < -0.4 is 10.2 Å². The van der Waals surface area contributed by atoms with Crippen LogP contribution in [0.5, 0.6) is 0 Å². The van der Waals surface area contributed by atoms with Crippen molar-refractivity contribution < 1.29 is 4.39 Å². The largest absolute Gasteiger partial charge is 0.357 e. The molecule has 0 amide bonds. The topological polar surface area (TPSA) is 28.2 Å². The molecule has 0 saturated heterocycles. The highest BCUT2D eigenvalue weighted by Crippen LogP contribution is 2.18. The minimum absolute atomic E-state index is 0.223. The molecule has 0 aliphatic heterocycles. The second kappa shape index (κ2) is 7.82. The van der Waals surface area contributed by atoms with E-state index in [1.807, 2.05) is 24.9 Å². The highest BCUT2D eigenvalue weighted by atomic mass is 19.1. The normalized spacial score (nSPS) is 10.4. The number of hydrogen-bond donors (Lipinski definition) is 1. The summed E-state index contributed by atoms with van der Waals surface area (Å²) in [6.45, 7) is 7.82. The molecule has 4 heteroatoms. The molecule has 18 heavy (non-hydrogen) atoms. The minimum Gasteiger partial charge on any atom is -0.357 e. The zero-order valence-electron chi connectivity index (χ0n) is 11.2. The second-order valence-electron chi connectivity index (χ2n) is 4.24. The third kappa shape index (κ3) is 4.11. The Labute approximate surface area is 109 Å². The van der Waals surface area contributed by atoms with Gasteiger partial charge in [0.15, 0.2) is 11.6 Å². The Balaban J connectivity index is 2.72. The van der Waals surface area contributed by atoms with Crippen molar-refractivity contribution in [3.05, 3.63) is 36.3 Å². The van der Waals surface area contributed by atoms with Crippen LogP contribution in [0.2, 0.25) is 0 Å². The van der Waals surface area contributed by atoms with E-state index in [1.54, 1.807) is 12.3 Å². The summed E-state index contributed by atoms with van der Waals surface area (Å²) in [4.78, 5) is 5.98. The summed E-state index contributed by atoms with van der Waals surface area (Å²) < 4.78 is 14.2. The molecule has 0 spiro atoms. The fourth-order valence-corrected chi connectivity index (χ4v) is 1.71. The standard InChI is InChI=1S/C14H22FN3/c1-4-6-7-10-18(3)14-13(15)12(8-9-17-14)11-16-5-2/h4,8-9,16H,1,5-7,10-11H2,2-3H3. The Morgan fingerprint density at radius 1 is 1.56 bits per heavy atom. The molecule has 1 heterocycles. The molecule has 1 N–H and O–H groups in total. The van der Waals surface area contributed by atoms with Crippen LogP contribution in [0.15, 0.2) is 24.9 Å². The highest BCUT2D eigenvalue weighted by Gasteiger charge is 2.12. The average molecular weight is 251 g/mol. The summed E-state index contributed by atoms with van der Waals surface area (Å²) >= 11 is 0. The summed E-state index contributed by atoms with van der Waals surface area (Å²) in [6, 6.07) is 1.72. The Morgan fingerprint density at radius 3 is 3.00 bits per heavy atom. The fourth-order valence-electron chi connectivity index (χ4n) is 1.71. The quantitative estimate of drug-likeness (QED) is 0.569. The van der Waals surface area contributed by atoms with E-state index in [4.69, 9.17) is 0 Å². The Hall–Kier alpha value is -1.42. The average Bonchev–Trinajstić information content (AvgIpc) is 2.37. The van der Waals surface area contributed by atoms with Gasteiger partial charge in [-0.1, -0.05) is 13.0 Å². The summed E-state index contributed by atoms with van der Waals surface area (Å²) in [5.41, 5.74) is 0.664. The maximum atomic E-state index is 14.2. The summed E-state index contributed by atoms with van der Waals surface area (Å²) in [7, 11) is 1.87. The summed E-state index contributed by atoms with van der Waals surface area (Å²) in [5, 5.41) is 3.12. The predicted molar refractivity (Wildman–Crippen MR) is 74.3 cm³/mol. The molecule has 1 aromatic heterocycles. The number of allylic oxidation sites excluding steroid dienone is 1. The Kier molecular flexibility index (Phi) is 6.36. The van der Waals surface area contributed by atoms with Gasteiger partial charge >= 0.3 is 0 Å². The van der Waals surface area contributed by atoms with E-state index in [2.05, 4.69) is 16.9 Å². The van der Waals surface area contributed by atoms with Gasteiger partial charge in [0.05, 0.1) is 0 Å². The van der Waals surface area contributed by atoms with Crippen LogP contribution in [0.4, 0.5) is 10.2 Å². The number of hydrogen-bond acceptors (Lipinski definition) is 3. The number of aromatic nitrogens is 1. The minimum atomic E-state index is -0.223. The molecule has 0 radical (unpaired) electrons. The van der Waals surface area contributed by atoms with Crippen LogP contribution in [0.25, 0.3) is 0 Å². The zero-order valence-corrected chi connectivity index (χ0v) is 11.2. The van der Waals surface area contributed by atoms with Crippen molar-refractivity contribution in [3.8, 4) is 0 Å². The number of halogens is 1. The monoisotopic (exact) mass is 251 g/mol. The molecule has 3 nitrogen and oxygen atoms in total. The first-order chi connectivity index (χ1) is 8.70. The third-order valence-corrected chi connectivity index (χ3v) is 2.78. The molecule has 0 aromatic carbocycles. The number of nitrogens with one attached hydrogen (secondary N) is 1. The van der Waals surface area contributed by atoms with Gasteiger partial charge < -0.3 is 10.2 Å². The van der Waals surface area contributed by atoms with Crippen molar-refractivity contribution in [2.75, 3.05) is 25.0 Å². The van der Waals surface area contributed by atoms with Crippen molar-refractivity contribution in [2.24, 2.45) is 0 Å². The lowest BCUT2D eigenvalue weighted by molar-refractivity contribution is 0.582. The molecule has 100 valence electrons. The lowest BCUT2D eigenvalue weighted by Gasteiger charge is -2.19. The number of pyridine rings is 1. The lowest BCUT2D eigenvalue weighted by atomic mass is 10.2. The first-order valence-electron chi connectivity index (χ1n) is 6.36. The molecule has 0 atom stereocenters. The van der Waals surface area contributed by atoms with E-state index in [0.717, 1.165) is 25.9 Å². The molecule has 0 saturated carbocycles. The first kappa shape index (κ1) is 14.6. The van der Waals surface area contributed by atoms with E-state index in [1.165, 1.54) is 0 Å². The van der Waals surface area contributed by atoms with E-state index in [-0.39, 0.29) is 5.82 Å². The van der Waals surface area contributed by atoms with Crippen LogP contribution in [0, 0.1) is 5.82 Å². The van der Waals surface area contributed by atoms with Gasteiger partial charge in [0, 0.05) is 31.9 Å². The molecule has 1 aromatic rings. The lowest BCUT2D eigenvalue weighted by Crippen LogP contribution is -2.22. The molecule has 1 rings (SSSR count). The molecule has 0 bridgehead atoms. The maximum absolute atomic E-state index is 14.2. The van der Waals surface area contributed by atoms with E-state index in [0.29, 0.717) is 17.9 Å². The first-order valence-corrected chi connectivity index (χ1v) is 6.36. The van der Waals surface area contributed by atoms with Crippen molar-refractivity contribution in [2.45, 2.75) is 26.3 Å². The molecule has 0 aliphatic rings. The summed E-state index contributed by atoms with van der Waals surface area (Å²) in [6.07, 6.45) is 5.43. The number of rotatable bonds is 8. The second-order valence-corrected chi connectivity index (χ2v) is 4.24. The number of anilines is 1. The van der Waals surface area contributed by atoms with Gasteiger partial charge in [-0.05, 0) is 25.5 Å². The molecular weight excluding hydrogens is 229 g/mol. The van der Waals surface area contributed by atoms with Gasteiger partial charge in [-0.3, -0.25) is 0 Å². The molecule has 0 fully saturated rings. The Bertz CT molecular complexity index is 379. The van der Waals surface area contributed by atoms with Crippen molar-refractivity contribution in [1.29, 1.82) is 0 Å². The van der Waals surface area contributed by atoms with E-state index in [9.17, 15) is 4.39 Å². The number of nitrogens with zero attached hydrogens (tertiary/aromatic N) is 2. The van der Waals surface area contributed by atoms with Crippen LogP contribution in [-0.4, -0.2) is 25.1 Å². The van der Waals surface area contributed by atoms with Gasteiger partial charge in [0.1, 0.15) is 0 Å².